The second-order valence-electron chi connectivity index (χ2n) is 5.18. The van der Waals surface area contributed by atoms with Gasteiger partial charge < -0.3 is 25.2 Å². The molecule has 0 saturated heterocycles. The number of carbonyl (C=O) groups excluding carboxylic acids is 3. The summed E-state index contributed by atoms with van der Waals surface area (Å²) < 4.78 is 10.3. The fourth-order valence-corrected chi connectivity index (χ4v) is 2.10. The predicted octanol–water partition coefficient (Wildman–Crippen LogP) is 0.286. The molecule has 0 atom stereocenters. The molecular formula is C16H21ClN4O6. The highest BCUT2D eigenvalue weighted by atomic mass is 35.5. The van der Waals surface area contributed by atoms with Crippen LogP contribution in [0.2, 0.25) is 5.02 Å². The molecule has 0 saturated carbocycles. The van der Waals surface area contributed by atoms with Gasteiger partial charge in [0.15, 0.2) is 0 Å². The average molecular weight is 401 g/mol. The summed E-state index contributed by atoms with van der Waals surface area (Å²) in [6.45, 7) is 1.16. The molecule has 0 radical (unpaired) electrons. The number of aliphatic hydroxyl groups excluding tert-OH is 1. The Labute approximate surface area is 160 Å². The summed E-state index contributed by atoms with van der Waals surface area (Å²) in [5.74, 6) is -1.68. The lowest BCUT2D eigenvalue weighted by Gasteiger charge is -2.13. The third kappa shape index (κ3) is 7.12. The van der Waals surface area contributed by atoms with Gasteiger partial charge in [-0.2, -0.15) is 5.10 Å². The predicted molar refractivity (Wildman–Crippen MR) is 99.1 cm³/mol. The van der Waals surface area contributed by atoms with Crippen LogP contribution in [0.5, 0.6) is 11.5 Å². The van der Waals surface area contributed by atoms with Gasteiger partial charge >= 0.3 is 11.8 Å². The smallest absolute Gasteiger partial charge is 0.329 e. The minimum atomic E-state index is -1.01. The Morgan fingerprint density at radius 3 is 2.41 bits per heavy atom. The number of hydrazone groups is 1. The summed E-state index contributed by atoms with van der Waals surface area (Å²) in [5.41, 5.74) is 2.63. The first-order valence-corrected chi connectivity index (χ1v) is 8.13. The van der Waals surface area contributed by atoms with Gasteiger partial charge in [0.25, 0.3) is 0 Å². The lowest BCUT2D eigenvalue weighted by Crippen LogP contribution is -2.39. The fourth-order valence-electron chi connectivity index (χ4n) is 1.87. The fraction of sp³-hybridized carbons (Fsp3) is 0.375. The van der Waals surface area contributed by atoms with E-state index in [1.165, 1.54) is 33.3 Å². The van der Waals surface area contributed by atoms with Gasteiger partial charge in [-0.15, -0.1) is 0 Å². The summed E-state index contributed by atoms with van der Waals surface area (Å²) >= 11 is 6.01. The van der Waals surface area contributed by atoms with E-state index < -0.39 is 17.7 Å². The van der Waals surface area contributed by atoms with Gasteiger partial charge in [-0.3, -0.25) is 14.4 Å². The monoisotopic (exact) mass is 400 g/mol. The standard InChI is InChI=1S/C16H21ClN4O6/c1-9(20-21-16(25)15(24)18-4-5-22)6-14(23)19-11-8-12(26-2)10(17)7-13(11)27-3/h7-8,22H,4-6H2,1-3H3,(H,18,24)(H,19,23)(H,21,25). The zero-order valence-corrected chi connectivity index (χ0v) is 15.8. The van der Waals surface area contributed by atoms with Crippen LogP contribution in [0.4, 0.5) is 5.69 Å². The van der Waals surface area contributed by atoms with Gasteiger partial charge in [0, 0.05) is 24.4 Å². The number of halogens is 1. The summed E-state index contributed by atoms with van der Waals surface area (Å²) in [6.07, 6.45) is -0.146. The third-order valence-electron chi connectivity index (χ3n) is 3.12. The van der Waals surface area contributed by atoms with Crippen molar-refractivity contribution in [3.05, 3.63) is 17.2 Å². The van der Waals surface area contributed by atoms with E-state index in [0.717, 1.165) is 0 Å². The van der Waals surface area contributed by atoms with Crippen molar-refractivity contribution in [3.63, 3.8) is 0 Å². The molecule has 0 unspecified atom stereocenters. The zero-order chi connectivity index (χ0) is 20.4. The zero-order valence-electron chi connectivity index (χ0n) is 15.1. The molecule has 0 aliphatic rings. The number of benzene rings is 1. The van der Waals surface area contributed by atoms with Crippen LogP contribution in [-0.4, -0.2) is 55.9 Å². The molecule has 0 bridgehead atoms. The summed E-state index contributed by atoms with van der Waals surface area (Å²) in [6, 6.07) is 3.01. The van der Waals surface area contributed by atoms with E-state index in [4.69, 9.17) is 26.2 Å². The van der Waals surface area contributed by atoms with Gasteiger partial charge in [-0.1, -0.05) is 11.6 Å². The van der Waals surface area contributed by atoms with E-state index in [2.05, 4.69) is 15.7 Å². The van der Waals surface area contributed by atoms with Crippen molar-refractivity contribution in [1.29, 1.82) is 0 Å². The third-order valence-corrected chi connectivity index (χ3v) is 3.41. The lowest BCUT2D eigenvalue weighted by atomic mass is 10.2. The maximum atomic E-state index is 12.2. The Morgan fingerprint density at radius 1 is 1.15 bits per heavy atom. The average Bonchev–Trinajstić information content (AvgIpc) is 2.64. The van der Waals surface area contributed by atoms with Crippen molar-refractivity contribution in [2.45, 2.75) is 13.3 Å². The van der Waals surface area contributed by atoms with Crippen LogP contribution in [0, 0.1) is 0 Å². The summed E-state index contributed by atoms with van der Waals surface area (Å²) in [5, 5.41) is 17.4. The van der Waals surface area contributed by atoms with Crippen LogP contribution in [0.15, 0.2) is 17.2 Å². The Bertz CT molecular complexity index is 738. The van der Waals surface area contributed by atoms with Crippen molar-refractivity contribution in [1.82, 2.24) is 10.7 Å². The summed E-state index contributed by atoms with van der Waals surface area (Å²) in [7, 11) is 2.87. The molecule has 0 aromatic heterocycles. The lowest BCUT2D eigenvalue weighted by molar-refractivity contribution is -0.139. The molecule has 3 amide bonds. The molecule has 27 heavy (non-hydrogen) atoms. The Hall–Kier alpha value is -2.85. The quantitative estimate of drug-likeness (QED) is 0.281. The molecule has 0 spiro atoms. The minimum absolute atomic E-state index is 0.0518. The number of hydrogen-bond donors (Lipinski definition) is 4. The second kappa shape index (κ2) is 11.0. The molecule has 1 rings (SSSR count). The Kier molecular flexibility index (Phi) is 9.03. The van der Waals surface area contributed by atoms with Gasteiger partial charge in [0.2, 0.25) is 5.91 Å². The molecule has 11 heteroatoms. The highest BCUT2D eigenvalue weighted by Gasteiger charge is 2.14. The van der Waals surface area contributed by atoms with E-state index in [1.54, 1.807) is 0 Å². The molecular weight excluding hydrogens is 380 g/mol. The second-order valence-corrected chi connectivity index (χ2v) is 5.59. The van der Waals surface area contributed by atoms with Crippen LogP contribution in [-0.2, 0) is 14.4 Å². The molecule has 4 N–H and O–H groups in total. The maximum Gasteiger partial charge on any atom is 0.329 e. The van der Waals surface area contributed by atoms with Crippen molar-refractivity contribution in [2.24, 2.45) is 5.10 Å². The molecule has 0 aliphatic carbocycles. The normalized spacial score (nSPS) is 10.8. The highest BCUT2D eigenvalue weighted by molar-refractivity contribution is 6.35. The molecule has 10 nitrogen and oxygen atoms in total. The minimum Gasteiger partial charge on any atom is -0.495 e. The molecule has 0 aliphatic heterocycles. The van der Waals surface area contributed by atoms with E-state index in [0.29, 0.717) is 22.2 Å². The number of rotatable bonds is 8. The van der Waals surface area contributed by atoms with Crippen molar-refractivity contribution < 1.29 is 29.0 Å². The number of carbonyl (C=O) groups is 3. The van der Waals surface area contributed by atoms with Crippen LogP contribution in [0.1, 0.15) is 13.3 Å². The van der Waals surface area contributed by atoms with Crippen LogP contribution >= 0.6 is 11.6 Å². The summed E-state index contributed by atoms with van der Waals surface area (Å²) in [4.78, 5) is 34.9. The number of methoxy groups -OCH3 is 2. The first-order valence-electron chi connectivity index (χ1n) is 7.75. The van der Waals surface area contributed by atoms with Gasteiger partial charge in [0.05, 0.1) is 38.0 Å². The number of nitrogens with zero attached hydrogens (tertiary/aromatic N) is 1. The molecule has 1 aromatic rings. The Balaban J connectivity index is 2.68. The molecule has 148 valence electrons. The SMILES string of the molecule is COc1cc(NC(=O)CC(C)=NNC(=O)C(=O)NCCO)c(OC)cc1Cl. The topological polar surface area (TPSA) is 138 Å². The van der Waals surface area contributed by atoms with Gasteiger partial charge in [0.1, 0.15) is 11.5 Å². The Morgan fingerprint density at radius 2 is 1.81 bits per heavy atom. The van der Waals surface area contributed by atoms with Crippen LogP contribution in [0.3, 0.4) is 0 Å². The number of anilines is 1. The van der Waals surface area contributed by atoms with Gasteiger partial charge in [-0.05, 0) is 6.92 Å². The van der Waals surface area contributed by atoms with E-state index >= 15 is 0 Å². The number of hydrogen-bond acceptors (Lipinski definition) is 7. The van der Waals surface area contributed by atoms with Crippen LogP contribution in [0.25, 0.3) is 0 Å². The molecule has 0 heterocycles. The number of nitrogens with one attached hydrogen (secondary N) is 3. The van der Waals surface area contributed by atoms with Crippen molar-refractivity contribution in [2.75, 3.05) is 32.7 Å². The first-order chi connectivity index (χ1) is 12.8. The highest BCUT2D eigenvalue weighted by Crippen LogP contribution is 2.35. The van der Waals surface area contributed by atoms with Crippen LogP contribution < -0.4 is 25.5 Å². The van der Waals surface area contributed by atoms with Gasteiger partial charge in [-0.25, -0.2) is 5.43 Å². The molecule has 1 aromatic carbocycles. The largest absolute Gasteiger partial charge is 0.495 e. The van der Waals surface area contributed by atoms with E-state index in [-0.39, 0.29) is 25.3 Å². The van der Waals surface area contributed by atoms with Crippen molar-refractivity contribution >= 4 is 40.7 Å². The molecule has 0 fully saturated rings. The maximum absolute atomic E-state index is 12.2. The van der Waals surface area contributed by atoms with E-state index in [9.17, 15) is 14.4 Å². The number of ether oxygens (including phenoxy) is 2. The van der Waals surface area contributed by atoms with Crippen molar-refractivity contribution in [3.8, 4) is 11.5 Å². The number of amides is 3. The van der Waals surface area contributed by atoms with E-state index in [1.807, 2.05) is 5.43 Å². The number of aliphatic hydroxyl groups is 1. The first kappa shape index (κ1) is 22.2.